The topological polar surface area (TPSA) is 62.3 Å². The van der Waals surface area contributed by atoms with Crippen LogP contribution in [0.15, 0.2) is 46.9 Å². The Morgan fingerprint density at radius 3 is 2.59 bits per heavy atom. The van der Waals surface area contributed by atoms with Gasteiger partial charge in [-0.2, -0.15) is 0 Å². The maximum Gasteiger partial charge on any atom is 0.252 e. The van der Waals surface area contributed by atoms with Crippen molar-refractivity contribution in [2.45, 2.75) is 51.9 Å². The first-order valence-corrected chi connectivity index (χ1v) is 14.3. The van der Waals surface area contributed by atoms with Crippen molar-refractivity contribution in [3.05, 3.63) is 68.7 Å². The van der Waals surface area contributed by atoms with Crippen LogP contribution in [0.5, 0.6) is 0 Å². The molecule has 2 aliphatic rings. The summed E-state index contributed by atoms with van der Waals surface area (Å²) in [5, 5.41) is 4.68. The Morgan fingerprint density at radius 1 is 1.16 bits per heavy atom. The largest absolute Gasteiger partial charge is 0.356 e. The number of nitrogens with zero attached hydrogens (tertiary/aromatic N) is 2. The Bertz CT molecular complexity index is 1330. The number of ketones is 1. The summed E-state index contributed by atoms with van der Waals surface area (Å²) in [6.45, 7) is 6.03. The van der Waals surface area contributed by atoms with Crippen molar-refractivity contribution in [1.82, 2.24) is 10.3 Å². The molecule has 2 fully saturated rings. The van der Waals surface area contributed by atoms with Gasteiger partial charge in [-0.1, -0.05) is 45.7 Å². The van der Waals surface area contributed by atoms with Gasteiger partial charge in [-0.3, -0.25) is 4.79 Å². The van der Waals surface area contributed by atoms with E-state index in [1.807, 2.05) is 49.4 Å². The maximum absolute atomic E-state index is 13.9. The number of hydrogen-bond acceptors (Lipinski definition) is 4. The molecule has 3 aromatic rings. The van der Waals surface area contributed by atoms with Crippen molar-refractivity contribution in [2.75, 3.05) is 24.5 Å². The number of amides is 1. The summed E-state index contributed by atoms with van der Waals surface area (Å²) in [7, 11) is 0. The van der Waals surface area contributed by atoms with E-state index in [0.29, 0.717) is 30.0 Å². The van der Waals surface area contributed by atoms with Crippen LogP contribution in [0.3, 0.4) is 0 Å². The minimum Gasteiger partial charge on any atom is -0.356 e. The summed E-state index contributed by atoms with van der Waals surface area (Å²) < 4.78 is 0.911. The van der Waals surface area contributed by atoms with E-state index in [9.17, 15) is 9.59 Å². The van der Waals surface area contributed by atoms with Crippen LogP contribution in [-0.2, 0) is 4.79 Å². The highest BCUT2D eigenvalue weighted by Crippen LogP contribution is 2.40. The van der Waals surface area contributed by atoms with Gasteiger partial charge in [-0.15, -0.1) is 0 Å². The zero-order chi connectivity index (χ0) is 26.1. The number of fused-ring (bicyclic) bond motifs is 3. The molecule has 2 heterocycles. The van der Waals surface area contributed by atoms with Crippen molar-refractivity contribution < 1.29 is 9.59 Å². The molecule has 7 heteroatoms. The van der Waals surface area contributed by atoms with E-state index in [1.165, 1.54) is 19.3 Å². The molecule has 5 nitrogen and oxygen atoms in total. The third-order valence-corrected chi connectivity index (χ3v) is 8.83. The summed E-state index contributed by atoms with van der Waals surface area (Å²) in [6, 6.07) is 13.6. The fourth-order valence-electron chi connectivity index (χ4n) is 6.15. The number of piperidine rings is 1. The van der Waals surface area contributed by atoms with Crippen molar-refractivity contribution in [3.63, 3.8) is 0 Å². The number of anilines is 1. The lowest BCUT2D eigenvalue weighted by molar-refractivity contribution is -0.117. The van der Waals surface area contributed by atoms with E-state index in [4.69, 9.17) is 16.6 Å². The molecule has 1 amide bonds. The van der Waals surface area contributed by atoms with Gasteiger partial charge in [0.15, 0.2) is 0 Å². The average Bonchev–Trinajstić information content (AvgIpc) is 3.21. The van der Waals surface area contributed by atoms with Crippen molar-refractivity contribution in [2.24, 2.45) is 11.8 Å². The second-order valence-electron chi connectivity index (χ2n) is 10.7. The van der Waals surface area contributed by atoms with Gasteiger partial charge < -0.3 is 15.0 Å². The fraction of sp³-hybridized carbons (Fsp3) is 0.433. The van der Waals surface area contributed by atoms with Crippen LogP contribution < -0.4 is 10.2 Å². The SMILES string of the molecule is CC(=O)CCC(CNC(=O)c1c(C)c(N2CC3CCC(C3)C2)nc2ccc(Br)cc12)c1ccccc1Cl. The van der Waals surface area contributed by atoms with Crippen LogP contribution >= 0.6 is 27.5 Å². The van der Waals surface area contributed by atoms with Gasteiger partial charge in [0, 0.05) is 52.4 Å². The first-order valence-electron chi connectivity index (χ1n) is 13.2. The molecule has 3 unspecified atom stereocenters. The molecule has 0 spiro atoms. The normalized spacial score (nSPS) is 19.7. The van der Waals surface area contributed by atoms with E-state index in [2.05, 4.69) is 26.1 Å². The first-order chi connectivity index (χ1) is 17.8. The van der Waals surface area contributed by atoms with E-state index in [-0.39, 0.29) is 17.6 Å². The van der Waals surface area contributed by atoms with Crippen LogP contribution in [0.25, 0.3) is 10.9 Å². The Morgan fingerprint density at radius 2 is 1.89 bits per heavy atom. The minimum absolute atomic E-state index is 0.0566. The molecule has 1 N–H and O–H groups in total. The number of carbonyl (C=O) groups is 2. The van der Waals surface area contributed by atoms with Crippen molar-refractivity contribution >= 4 is 55.9 Å². The summed E-state index contributed by atoms with van der Waals surface area (Å²) in [5.41, 5.74) is 3.37. The lowest BCUT2D eigenvalue weighted by Gasteiger charge is -2.34. The lowest BCUT2D eigenvalue weighted by Crippen LogP contribution is -2.38. The summed E-state index contributed by atoms with van der Waals surface area (Å²) in [4.78, 5) is 33.1. The van der Waals surface area contributed by atoms with Gasteiger partial charge in [-0.25, -0.2) is 4.98 Å². The summed E-state index contributed by atoms with van der Waals surface area (Å²) in [5.74, 6) is 2.31. The highest BCUT2D eigenvalue weighted by molar-refractivity contribution is 9.10. The minimum atomic E-state index is -0.121. The van der Waals surface area contributed by atoms with E-state index in [0.717, 1.165) is 57.2 Å². The number of Topliss-reactive ketones (excluding diaryl/α,β-unsaturated/α-hetero) is 1. The van der Waals surface area contributed by atoms with Crippen LogP contribution in [0.1, 0.15) is 66.4 Å². The molecule has 5 rings (SSSR count). The number of nitrogens with one attached hydrogen (secondary N) is 1. The molecule has 1 aliphatic carbocycles. The molecule has 2 aromatic carbocycles. The zero-order valence-electron chi connectivity index (χ0n) is 21.4. The molecule has 0 radical (unpaired) electrons. The molecule has 37 heavy (non-hydrogen) atoms. The number of pyridine rings is 1. The smallest absolute Gasteiger partial charge is 0.252 e. The van der Waals surface area contributed by atoms with Gasteiger partial charge in [-0.05, 0) is 81.2 Å². The van der Waals surface area contributed by atoms with Crippen LogP contribution in [-0.4, -0.2) is 36.3 Å². The molecular formula is C30H33BrClN3O2. The first kappa shape index (κ1) is 26.2. The predicted octanol–water partition coefficient (Wildman–Crippen LogP) is 7.08. The molecule has 2 bridgehead atoms. The van der Waals surface area contributed by atoms with Gasteiger partial charge in [0.25, 0.3) is 5.91 Å². The number of rotatable bonds is 8. The fourth-order valence-corrected chi connectivity index (χ4v) is 6.81. The molecular weight excluding hydrogens is 550 g/mol. The summed E-state index contributed by atoms with van der Waals surface area (Å²) in [6.07, 6.45) is 4.96. The second-order valence-corrected chi connectivity index (χ2v) is 12.0. The van der Waals surface area contributed by atoms with Gasteiger partial charge in [0.2, 0.25) is 0 Å². The summed E-state index contributed by atoms with van der Waals surface area (Å²) >= 11 is 10.1. The van der Waals surface area contributed by atoms with Crippen molar-refractivity contribution in [1.29, 1.82) is 0 Å². The Hall–Kier alpha value is -2.44. The maximum atomic E-state index is 13.9. The van der Waals surface area contributed by atoms with Gasteiger partial charge in [0.1, 0.15) is 11.6 Å². The third-order valence-electron chi connectivity index (χ3n) is 8.00. The zero-order valence-corrected chi connectivity index (χ0v) is 23.7. The predicted molar refractivity (Wildman–Crippen MR) is 154 cm³/mol. The number of aromatic nitrogens is 1. The Kier molecular flexibility index (Phi) is 7.87. The Balaban J connectivity index is 1.47. The monoisotopic (exact) mass is 581 g/mol. The van der Waals surface area contributed by atoms with E-state index >= 15 is 0 Å². The van der Waals surface area contributed by atoms with Crippen LogP contribution in [0.2, 0.25) is 5.02 Å². The highest BCUT2D eigenvalue weighted by Gasteiger charge is 2.34. The van der Waals surface area contributed by atoms with Crippen molar-refractivity contribution in [3.8, 4) is 0 Å². The number of halogens is 2. The van der Waals surface area contributed by atoms with Crippen LogP contribution in [0.4, 0.5) is 5.82 Å². The molecule has 194 valence electrons. The van der Waals surface area contributed by atoms with E-state index in [1.54, 1.807) is 6.92 Å². The van der Waals surface area contributed by atoms with E-state index < -0.39 is 0 Å². The molecule has 1 saturated carbocycles. The number of carbonyl (C=O) groups excluding carboxylic acids is 2. The lowest BCUT2D eigenvalue weighted by atomic mass is 9.92. The number of benzene rings is 2. The molecule has 3 atom stereocenters. The van der Waals surface area contributed by atoms with Gasteiger partial charge >= 0.3 is 0 Å². The van der Waals surface area contributed by atoms with Gasteiger partial charge in [0.05, 0.1) is 11.1 Å². The Labute approximate surface area is 232 Å². The van der Waals surface area contributed by atoms with Crippen LogP contribution in [0, 0.1) is 18.8 Å². The average molecular weight is 583 g/mol. The highest BCUT2D eigenvalue weighted by atomic mass is 79.9. The third kappa shape index (κ3) is 5.70. The second kappa shape index (κ2) is 11.1. The molecule has 1 aromatic heterocycles. The quantitative estimate of drug-likeness (QED) is 0.308. The number of hydrogen-bond donors (Lipinski definition) is 1. The standard InChI is InChI=1S/C30H33BrClN3O2/c1-18(36)7-10-22(24-5-3-4-6-26(24)32)15-33-30(37)28-19(2)29(34-27-12-11-23(31)14-25(27)28)35-16-20-8-9-21(13-20)17-35/h3-6,11-12,14,20-22H,7-10,13,15-17H2,1-2H3,(H,33,37). The molecule has 1 aliphatic heterocycles. The molecule has 1 saturated heterocycles.